The van der Waals surface area contributed by atoms with E-state index in [0.29, 0.717) is 23.4 Å². The predicted molar refractivity (Wildman–Crippen MR) is 361 cm³/mol. The van der Waals surface area contributed by atoms with Crippen LogP contribution < -0.4 is 0 Å². The van der Waals surface area contributed by atoms with Crippen molar-refractivity contribution < 1.29 is 0 Å². The molecule has 4 aliphatic rings. The molecule has 5 heteroatoms. The minimum atomic E-state index is -0.636. The van der Waals surface area contributed by atoms with E-state index in [1.54, 1.807) is 0 Å². The van der Waals surface area contributed by atoms with Gasteiger partial charge in [0.15, 0.2) is 17.5 Å². The summed E-state index contributed by atoms with van der Waals surface area (Å²) in [6.07, 6.45) is 19.0. The molecule has 18 rings (SSSR count). The van der Waals surface area contributed by atoms with Crippen molar-refractivity contribution in [2.45, 2.75) is 36.0 Å². The number of hydrogen-bond acceptors (Lipinski definition) is 3. The molecule has 0 saturated carbocycles. The number of para-hydroxylation sites is 2. The lowest BCUT2D eigenvalue weighted by Gasteiger charge is -2.44. The minimum Gasteiger partial charge on any atom is -0.309 e. The number of allylic oxidation sites excluding steroid dienone is 8. The van der Waals surface area contributed by atoms with Crippen LogP contribution in [0.1, 0.15) is 69.7 Å². The first-order valence-electron chi connectivity index (χ1n) is 30.8. The SMILES string of the molecule is C1=CCCC(C2(c3ccccc3)c3cc(C4C=CC=CC4)ccc3-n3c4ccc(-c5nc(-c6ccccc6)nc(-c6ccc7c(c6)c6cccc8c6n7-c6ccc(-c7ccccc7)cc6C8(c6ccccc6)c6ccccc6)n5)cc4c4cccc2c43)=C1. The van der Waals surface area contributed by atoms with Gasteiger partial charge in [0.25, 0.3) is 0 Å². The summed E-state index contributed by atoms with van der Waals surface area (Å²) in [5.74, 6) is 2.16. The third-order valence-electron chi connectivity index (χ3n) is 19.5. The number of fused-ring (bicyclic) bond motifs is 10. The first kappa shape index (κ1) is 50.3. The zero-order valence-electron chi connectivity index (χ0n) is 48.3. The number of benzene rings is 11. The first-order valence-corrected chi connectivity index (χ1v) is 30.8. The highest BCUT2D eigenvalue weighted by atomic mass is 15.0. The fourth-order valence-electron chi connectivity index (χ4n) is 15.7. The van der Waals surface area contributed by atoms with Gasteiger partial charge in [0.05, 0.1) is 44.3 Å². The van der Waals surface area contributed by atoms with E-state index in [0.717, 1.165) is 63.4 Å². The van der Waals surface area contributed by atoms with Crippen LogP contribution in [0.3, 0.4) is 0 Å². The van der Waals surface area contributed by atoms with E-state index in [1.165, 1.54) is 88.7 Å². The minimum absolute atomic E-state index is 0.300. The summed E-state index contributed by atoms with van der Waals surface area (Å²) in [5.41, 5.74) is 22.6. The molecule has 0 fully saturated rings. The maximum atomic E-state index is 5.52. The Bertz CT molecular complexity index is 5240. The van der Waals surface area contributed by atoms with Crippen LogP contribution >= 0.6 is 0 Å². The van der Waals surface area contributed by atoms with E-state index in [9.17, 15) is 0 Å². The third-order valence-corrected chi connectivity index (χ3v) is 19.5. The molecule has 11 aromatic carbocycles. The molecule has 2 unspecified atom stereocenters. The summed E-state index contributed by atoms with van der Waals surface area (Å²) in [4.78, 5) is 16.3. The van der Waals surface area contributed by atoms with E-state index in [2.05, 4.69) is 306 Å². The van der Waals surface area contributed by atoms with Gasteiger partial charge in [-0.1, -0.05) is 254 Å². The molecular formula is C83H57N5. The maximum absolute atomic E-state index is 5.52. The van der Waals surface area contributed by atoms with Crippen LogP contribution in [0.15, 0.2) is 309 Å². The van der Waals surface area contributed by atoms with Crippen molar-refractivity contribution in [3.8, 4) is 56.7 Å². The fourth-order valence-corrected chi connectivity index (χ4v) is 15.7. The molecule has 2 aliphatic heterocycles. The Kier molecular flexibility index (Phi) is 11.3. The summed E-state index contributed by atoms with van der Waals surface area (Å²) in [7, 11) is 0. The van der Waals surface area contributed by atoms with E-state index >= 15 is 0 Å². The molecule has 14 aromatic rings. The van der Waals surface area contributed by atoms with Gasteiger partial charge in [-0.2, -0.15) is 0 Å². The predicted octanol–water partition coefficient (Wildman–Crippen LogP) is 20.0. The van der Waals surface area contributed by atoms with E-state index < -0.39 is 10.8 Å². The van der Waals surface area contributed by atoms with Crippen molar-refractivity contribution >= 4 is 43.6 Å². The quantitative estimate of drug-likeness (QED) is 0.145. The molecule has 414 valence electrons. The highest BCUT2D eigenvalue weighted by Gasteiger charge is 2.48. The number of rotatable bonds is 9. The molecule has 88 heavy (non-hydrogen) atoms. The molecule has 0 radical (unpaired) electrons. The molecule has 2 aliphatic carbocycles. The highest BCUT2D eigenvalue weighted by Crippen LogP contribution is 2.58. The maximum Gasteiger partial charge on any atom is 0.164 e. The molecule has 5 heterocycles. The smallest absolute Gasteiger partial charge is 0.164 e. The third kappa shape index (κ3) is 7.31. The second-order valence-electron chi connectivity index (χ2n) is 24.0. The standard InChI is InChI=1S/C83H57N5/c1-8-24-54(25-9-1)57-42-48-75-71(52-57)82(61-30-14-4-15-31-61,62-32-16-5-17-33-62)69-40-22-38-65-67-50-59(44-46-73(67)87(75)77(65)69)80-84-79(56-28-12-3-13-29-56)85-81(86-80)60-45-47-74-68(51-60)66-39-23-41-70-78(66)88(74)76-49-43-58(55-26-10-2-11-27-55)53-72(76)83(70,63-34-18-6-19-35-63)64-36-20-7-21-37-64/h1-20,22-26,28-36,38-53,55H,21,27,37H2. The Labute approximate surface area is 510 Å². The highest BCUT2D eigenvalue weighted by molar-refractivity contribution is 6.14. The van der Waals surface area contributed by atoms with Gasteiger partial charge in [0.2, 0.25) is 0 Å². The van der Waals surface area contributed by atoms with Gasteiger partial charge >= 0.3 is 0 Å². The van der Waals surface area contributed by atoms with Crippen molar-refractivity contribution in [2.24, 2.45) is 0 Å². The summed E-state index contributed by atoms with van der Waals surface area (Å²) in [6.45, 7) is 0. The molecule has 3 aromatic heterocycles. The molecule has 0 amide bonds. The fraction of sp³-hybridized carbons (Fsp3) is 0.0723. The van der Waals surface area contributed by atoms with E-state index in [4.69, 9.17) is 15.0 Å². The summed E-state index contributed by atoms with van der Waals surface area (Å²) < 4.78 is 5.06. The topological polar surface area (TPSA) is 48.5 Å². The average molecular weight is 1120 g/mol. The van der Waals surface area contributed by atoms with Crippen LogP contribution in [0.25, 0.3) is 100 Å². The Morgan fingerprint density at radius 3 is 1.40 bits per heavy atom. The van der Waals surface area contributed by atoms with Crippen LogP contribution in [-0.4, -0.2) is 24.1 Å². The summed E-state index contributed by atoms with van der Waals surface area (Å²) in [5, 5.41) is 4.67. The van der Waals surface area contributed by atoms with Crippen LogP contribution in [0, 0.1) is 0 Å². The van der Waals surface area contributed by atoms with E-state index in [1.807, 2.05) is 6.07 Å². The van der Waals surface area contributed by atoms with Crippen molar-refractivity contribution in [3.05, 3.63) is 353 Å². The normalized spacial score (nSPS) is 16.9. The van der Waals surface area contributed by atoms with Crippen molar-refractivity contribution in [2.75, 3.05) is 0 Å². The Morgan fingerprint density at radius 1 is 0.352 bits per heavy atom. The number of nitrogens with zero attached hydrogens (tertiary/aromatic N) is 5. The Balaban J connectivity index is 0.845. The zero-order chi connectivity index (χ0) is 57.9. The average Bonchev–Trinajstić information content (AvgIpc) is 1.38. The molecule has 0 N–H and O–H groups in total. The van der Waals surface area contributed by atoms with Crippen molar-refractivity contribution in [1.29, 1.82) is 0 Å². The lowest BCUT2D eigenvalue weighted by Crippen LogP contribution is -2.36. The molecular weight excluding hydrogens is 1070 g/mol. The Morgan fingerprint density at radius 2 is 0.852 bits per heavy atom. The molecule has 5 nitrogen and oxygen atoms in total. The van der Waals surface area contributed by atoms with Gasteiger partial charge in [0, 0.05) is 44.2 Å². The monoisotopic (exact) mass is 1120 g/mol. The summed E-state index contributed by atoms with van der Waals surface area (Å²) in [6, 6.07) is 96.6. The summed E-state index contributed by atoms with van der Waals surface area (Å²) >= 11 is 0. The van der Waals surface area contributed by atoms with Crippen LogP contribution in [0.4, 0.5) is 0 Å². The van der Waals surface area contributed by atoms with Gasteiger partial charge in [-0.25, -0.2) is 15.0 Å². The van der Waals surface area contributed by atoms with Crippen molar-refractivity contribution in [1.82, 2.24) is 24.1 Å². The Hall–Kier alpha value is -11.0. The molecule has 0 bridgehead atoms. The number of aromatic nitrogens is 5. The lowest BCUT2D eigenvalue weighted by atomic mass is 9.61. The van der Waals surface area contributed by atoms with Crippen LogP contribution in [-0.2, 0) is 10.8 Å². The lowest BCUT2D eigenvalue weighted by molar-refractivity contribution is 0.663. The van der Waals surface area contributed by atoms with E-state index in [-0.39, 0.29) is 0 Å². The molecule has 0 spiro atoms. The zero-order valence-corrected chi connectivity index (χ0v) is 48.3. The van der Waals surface area contributed by atoms with Gasteiger partial charge in [0.1, 0.15) is 0 Å². The molecule has 2 atom stereocenters. The first-order chi connectivity index (χ1) is 43.6. The van der Waals surface area contributed by atoms with Gasteiger partial charge < -0.3 is 9.13 Å². The van der Waals surface area contributed by atoms with Gasteiger partial charge in [-0.3, -0.25) is 0 Å². The van der Waals surface area contributed by atoms with Crippen LogP contribution in [0.2, 0.25) is 0 Å². The second-order valence-corrected chi connectivity index (χ2v) is 24.0. The van der Waals surface area contributed by atoms with Gasteiger partial charge in [-0.15, -0.1) is 0 Å². The largest absolute Gasteiger partial charge is 0.309 e. The molecule has 0 saturated heterocycles. The van der Waals surface area contributed by atoms with Crippen LogP contribution in [0.5, 0.6) is 0 Å². The second kappa shape index (κ2) is 19.8. The van der Waals surface area contributed by atoms with Crippen molar-refractivity contribution in [3.63, 3.8) is 0 Å². The van der Waals surface area contributed by atoms with Gasteiger partial charge in [-0.05, 0) is 129 Å². The number of hydrogen-bond donors (Lipinski definition) is 0.